The van der Waals surface area contributed by atoms with E-state index in [-0.39, 0.29) is 0 Å². The van der Waals surface area contributed by atoms with Gasteiger partial charge in [-0.2, -0.15) is 0 Å². The number of unbranched alkanes of at least 4 members (excludes halogenated alkanes) is 11. The van der Waals surface area contributed by atoms with Crippen molar-refractivity contribution in [2.24, 2.45) is 0 Å². The van der Waals surface area contributed by atoms with Gasteiger partial charge in [-0.1, -0.05) is 91.4 Å². The Morgan fingerprint density at radius 2 is 1.11 bits per heavy atom. The molecule has 0 atom stereocenters. The second-order valence-corrected chi connectivity index (χ2v) is 5.10. The number of rotatable bonds is 12. The fourth-order valence-corrected chi connectivity index (χ4v) is 1.84. The highest BCUT2D eigenvalue weighted by Crippen LogP contribution is 2.06. The monoisotopic (exact) mass is 257 g/mol. The smallest absolute Gasteiger partial charge is 0.0431 e. The standard InChI is InChI=1S/C9H20O.C8H17/c1-2-3-4-5-6-7-8-9-10;1-3-5-7-8-6-4-2/h10H,2-9H2,1H3;3H,4-8H2,1-2H3. The largest absolute Gasteiger partial charge is 0.396 e. The molecular weight excluding hydrogens is 220 g/mol. The summed E-state index contributed by atoms with van der Waals surface area (Å²) in [5.74, 6) is 0. The van der Waals surface area contributed by atoms with Gasteiger partial charge in [0.1, 0.15) is 0 Å². The molecule has 0 aliphatic heterocycles. The summed E-state index contributed by atoms with van der Waals surface area (Å²) in [5.41, 5.74) is 0. The molecule has 1 heteroatoms. The summed E-state index contributed by atoms with van der Waals surface area (Å²) in [6.07, 6.45) is 18.1. The van der Waals surface area contributed by atoms with E-state index in [1.807, 2.05) is 0 Å². The lowest BCUT2D eigenvalue weighted by atomic mass is 10.1. The molecule has 0 amide bonds. The van der Waals surface area contributed by atoms with Crippen molar-refractivity contribution in [3.8, 4) is 0 Å². The van der Waals surface area contributed by atoms with Gasteiger partial charge in [0, 0.05) is 6.61 Å². The molecule has 0 aromatic carbocycles. The fourth-order valence-electron chi connectivity index (χ4n) is 1.84. The number of aliphatic hydroxyl groups excluding tert-OH is 1. The molecule has 0 heterocycles. The minimum Gasteiger partial charge on any atom is -0.396 e. The van der Waals surface area contributed by atoms with Gasteiger partial charge in [0.25, 0.3) is 0 Å². The molecule has 0 aliphatic carbocycles. The quantitative estimate of drug-likeness (QED) is 0.431. The molecule has 1 nitrogen and oxygen atoms in total. The highest BCUT2D eigenvalue weighted by molar-refractivity contribution is 4.54. The van der Waals surface area contributed by atoms with Gasteiger partial charge in [-0.3, -0.25) is 0 Å². The molecule has 0 saturated carbocycles. The lowest BCUT2D eigenvalue weighted by Crippen LogP contribution is -1.83. The van der Waals surface area contributed by atoms with Crippen molar-refractivity contribution in [2.75, 3.05) is 6.61 Å². The van der Waals surface area contributed by atoms with Crippen molar-refractivity contribution >= 4 is 0 Å². The Morgan fingerprint density at radius 1 is 0.667 bits per heavy atom. The molecule has 18 heavy (non-hydrogen) atoms. The fraction of sp³-hybridized carbons (Fsp3) is 0.941. The van der Waals surface area contributed by atoms with Crippen LogP contribution in [0.3, 0.4) is 0 Å². The first-order valence-corrected chi connectivity index (χ1v) is 8.22. The summed E-state index contributed by atoms with van der Waals surface area (Å²) in [7, 11) is 0. The predicted octanol–water partition coefficient (Wildman–Crippen LogP) is 5.91. The van der Waals surface area contributed by atoms with Crippen molar-refractivity contribution in [3.05, 3.63) is 6.42 Å². The van der Waals surface area contributed by atoms with Crippen molar-refractivity contribution in [1.82, 2.24) is 0 Å². The molecule has 1 radical (unpaired) electrons. The third kappa shape index (κ3) is 25.0. The van der Waals surface area contributed by atoms with Crippen molar-refractivity contribution in [1.29, 1.82) is 0 Å². The van der Waals surface area contributed by atoms with Gasteiger partial charge in [0.2, 0.25) is 0 Å². The van der Waals surface area contributed by atoms with E-state index in [0.717, 1.165) is 6.42 Å². The second kappa shape index (κ2) is 22.2. The maximum atomic E-state index is 8.47. The van der Waals surface area contributed by atoms with E-state index in [1.54, 1.807) is 0 Å². The molecule has 0 aromatic rings. The van der Waals surface area contributed by atoms with Gasteiger partial charge < -0.3 is 5.11 Å². The van der Waals surface area contributed by atoms with Crippen molar-refractivity contribution < 1.29 is 5.11 Å². The number of hydrogen-bond donors (Lipinski definition) is 1. The highest BCUT2D eigenvalue weighted by Gasteiger charge is 1.88. The molecule has 0 bridgehead atoms. The van der Waals surface area contributed by atoms with Gasteiger partial charge in [0.15, 0.2) is 0 Å². The van der Waals surface area contributed by atoms with E-state index in [0.29, 0.717) is 6.61 Å². The average Bonchev–Trinajstić information content (AvgIpc) is 2.40. The van der Waals surface area contributed by atoms with Crippen molar-refractivity contribution in [2.45, 2.75) is 97.8 Å². The lowest BCUT2D eigenvalue weighted by molar-refractivity contribution is 0.282. The summed E-state index contributed by atoms with van der Waals surface area (Å²) in [5, 5.41) is 8.47. The summed E-state index contributed by atoms with van der Waals surface area (Å²) >= 11 is 0. The van der Waals surface area contributed by atoms with Crippen LogP contribution in [0, 0.1) is 6.42 Å². The van der Waals surface area contributed by atoms with E-state index < -0.39 is 0 Å². The Morgan fingerprint density at radius 3 is 1.56 bits per heavy atom. The molecule has 111 valence electrons. The van der Waals surface area contributed by atoms with Gasteiger partial charge in [-0.05, 0) is 12.8 Å². The summed E-state index contributed by atoms with van der Waals surface area (Å²) in [6, 6.07) is 0. The first-order chi connectivity index (χ1) is 8.83. The van der Waals surface area contributed by atoms with Crippen LogP contribution in [0.25, 0.3) is 0 Å². The molecule has 0 aromatic heterocycles. The van der Waals surface area contributed by atoms with Crippen molar-refractivity contribution in [3.63, 3.8) is 0 Å². The van der Waals surface area contributed by atoms with Crippen LogP contribution in [0.2, 0.25) is 0 Å². The van der Waals surface area contributed by atoms with Crippen LogP contribution in [0.5, 0.6) is 0 Å². The zero-order valence-electron chi connectivity index (χ0n) is 13.2. The molecule has 0 rings (SSSR count). The van der Waals surface area contributed by atoms with E-state index in [2.05, 4.69) is 27.2 Å². The topological polar surface area (TPSA) is 20.2 Å². The van der Waals surface area contributed by atoms with E-state index in [1.165, 1.54) is 70.6 Å². The van der Waals surface area contributed by atoms with Crippen LogP contribution < -0.4 is 0 Å². The van der Waals surface area contributed by atoms with Crippen LogP contribution in [0.15, 0.2) is 0 Å². The maximum absolute atomic E-state index is 8.47. The zero-order chi connectivity index (χ0) is 13.9. The molecular formula is C17H37O. The lowest BCUT2D eigenvalue weighted by Gasteiger charge is -1.97. The Hall–Kier alpha value is -0.0400. The number of aliphatic hydroxyl groups is 1. The molecule has 0 saturated heterocycles. The van der Waals surface area contributed by atoms with E-state index >= 15 is 0 Å². The summed E-state index contributed by atoms with van der Waals surface area (Å²) in [4.78, 5) is 0. The van der Waals surface area contributed by atoms with Crippen LogP contribution in [0.1, 0.15) is 97.8 Å². The van der Waals surface area contributed by atoms with Crippen LogP contribution in [-0.2, 0) is 0 Å². The van der Waals surface area contributed by atoms with Crippen LogP contribution in [0.4, 0.5) is 0 Å². The van der Waals surface area contributed by atoms with Gasteiger partial charge in [-0.25, -0.2) is 0 Å². The van der Waals surface area contributed by atoms with Crippen LogP contribution in [-0.4, -0.2) is 11.7 Å². The first-order valence-electron chi connectivity index (χ1n) is 8.22. The predicted molar refractivity (Wildman–Crippen MR) is 83.8 cm³/mol. The minimum atomic E-state index is 0.369. The summed E-state index contributed by atoms with van der Waals surface area (Å²) < 4.78 is 0. The van der Waals surface area contributed by atoms with Gasteiger partial charge in [0.05, 0.1) is 0 Å². The van der Waals surface area contributed by atoms with Crippen LogP contribution >= 0.6 is 0 Å². The minimum absolute atomic E-state index is 0.369. The average molecular weight is 257 g/mol. The maximum Gasteiger partial charge on any atom is 0.0431 e. The zero-order valence-corrected chi connectivity index (χ0v) is 13.2. The van der Waals surface area contributed by atoms with Gasteiger partial charge >= 0.3 is 0 Å². The Bertz CT molecular complexity index is 98.2. The Kier molecular flexibility index (Phi) is 25.0. The number of hydrogen-bond acceptors (Lipinski definition) is 1. The molecule has 1 N–H and O–H groups in total. The normalized spacial score (nSPS) is 10.0. The Labute approximate surface area is 116 Å². The third-order valence-electron chi connectivity index (χ3n) is 3.11. The highest BCUT2D eigenvalue weighted by atomic mass is 16.2. The summed E-state index contributed by atoms with van der Waals surface area (Å²) in [6.45, 7) is 6.98. The van der Waals surface area contributed by atoms with Gasteiger partial charge in [-0.15, -0.1) is 0 Å². The SMILES string of the molecule is CCCCCCCCCO.C[CH]CCCCCC. The molecule has 0 spiro atoms. The molecule has 0 unspecified atom stereocenters. The molecule has 0 aliphatic rings. The first kappa shape index (κ1) is 20.3. The Balaban J connectivity index is 0. The van der Waals surface area contributed by atoms with E-state index in [9.17, 15) is 0 Å². The van der Waals surface area contributed by atoms with E-state index in [4.69, 9.17) is 5.11 Å². The third-order valence-corrected chi connectivity index (χ3v) is 3.11. The molecule has 0 fully saturated rings. The second-order valence-electron chi connectivity index (χ2n) is 5.10.